The van der Waals surface area contributed by atoms with E-state index < -0.39 is 12.0 Å². The minimum absolute atomic E-state index is 0.00866. The van der Waals surface area contributed by atoms with Crippen LogP contribution in [-0.4, -0.2) is 83.6 Å². The second-order valence-corrected chi connectivity index (χ2v) is 11.5. The van der Waals surface area contributed by atoms with Gasteiger partial charge in [0.15, 0.2) is 0 Å². The van der Waals surface area contributed by atoms with Crippen molar-refractivity contribution in [3.8, 4) is 24.1 Å². The molecule has 0 spiro atoms. The predicted octanol–water partition coefficient (Wildman–Crippen LogP) is 3.80. The van der Waals surface area contributed by atoms with Crippen molar-refractivity contribution in [3.05, 3.63) is 46.9 Å². The maximum absolute atomic E-state index is 14.8. The molecule has 2 unspecified atom stereocenters. The maximum atomic E-state index is 14.8. The molecule has 1 N–H and O–H groups in total. The Morgan fingerprint density at radius 2 is 2.07 bits per heavy atom. The molecule has 0 aliphatic carbocycles. The molecule has 2 atom stereocenters. The quantitative estimate of drug-likeness (QED) is 0.460. The third-order valence-corrected chi connectivity index (χ3v) is 8.93. The van der Waals surface area contributed by atoms with Gasteiger partial charge in [-0.3, -0.25) is 9.69 Å². The van der Waals surface area contributed by atoms with E-state index in [-0.39, 0.29) is 47.6 Å². The molecule has 2 aromatic carbocycles. The number of alkyl halides is 1. The van der Waals surface area contributed by atoms with Gasteiger partial charge >= 0.3 is 6.01 Å². The molecule has 218 valence electrons. The van der Waals surface area contributed by atoms with Gasteiger partial charge in [-0.2, -0.15) is 9.97 Å². The molecule has 42 heavy (non-hydrogen) atoms. The number of anilines is 2. The topological polar surface area (TPSA) is 91.3 Å². The fourth-order valence-electron chi connectivity index (χ4n) is 7.01. The SMILES string of the molecule is C#Cc1c(F)ccc2cc(O)cc(N3Cc4nc(OCC56CCCN5CC(F)C6)nc(N5CCCOCC5)c4C3=O)c12. The van der Waals surface area contributed by atoms with Crippen LogP contribution in [0.25, 0.3) is 10.8 Å². The average molecular weight is 576 g/mol. The van der Waals surface area contributed by atoms with Crippen LogP contribution in [0.2, 0.25) is 0 Å². The first-order chi connectivity index (χ1) is 20.4. The second kappa shape index (κ2) is 10.4. The Labute approximate surface area is 242 Å². The van der Waals surface area contributed by atoms with E-state index in [1.54, 1.807) is 0 Å². The summed E-state index contributed by atoms with van der Waals surface area (Å²) >= 11 is 0. The summed E-state index contributed by atoms with van der Waals surface area (Å²) in [5.41, 5.74) is 0.694. The van der Waals surface area contributed by atoms with Crippen molar-refractivity contribution in [2.24, 2.45) is 0 Å². The van der Waals surface area contributed by atoms with Crippen molar-refractivity contribution in [2.75, 3.05) is 55.8 Å². The highest BCUT2D eigenvalue weighted by molar-refractivity contribution is 6.16. The zero-order valence-electron chi connectivity index (χ0n) is 23.1. The molecule has 3 fully saturated rings. The molecular formula is C31H31F2N5O4. The Bertz CT molecular complexity index is 1620. The number of phenolic OH excluding ortho intramolecular Hbond substituents is 1. The minimum Gasteiger partial charge on any atom is -0.508 e. The highest BCUT2D eigenvalue weighted by Crippen LogP contribution is 2.42. The molecule has 5 heterocycles. The van der Waals surface area contributed by atoms with Crippen LogP contribution in [0.1, 0.15) is 47.3 Å². The van der Waals surface area contributed by atoms with Crippen molar-refractivity contribution in [3.63, 3.8) is 0 Å². The van der Waals surface area contributed by atoms with Gasteiger partial charge in [-0.05, 0) is 43.3 Å². The van der Waals surface area contributed by atoms with Gasteiger partial charge in [0.1, 0.15) is 35.7 Å². The number of carbonyl (C=O) groups is 1. The van der Waals surface area contributed by atoms with E-state index in [9.17, 15) is 18.7 Å². The summed E-state index contributed by atoms with van der Waals surface area (Å²) in [6.45, 7) is 3.79. The van der Waals surface area contributed by atoms with Crippen LogP contribution in [0.3, 0.4) is 0 Å². The lowest BCUT2D eigenvalue weighted by Gasteiger charge is -2.31. The average Bonchev–Trinajstić information content (AvgIpc) is 3.51. The summed E-state index contributed by atoms with van der Waals surface area (Å²) in [6.07, 6.45) is 7.81. The molecular weight excluding hydrogens is 544 g/mol. The molecule has 0 bridgehead atoms. The number of aromatic hydroxyl groups is 1. The Morgan fingerprint density at radius 3 is 2.93 bits per heavy atom. The number of phenols is 1. The summed E-state index contributed by atoms with van der Waals surface area (Å²) < 4.78 is 41.0. The number of hydrogen-bond donors (Lipinski definition) is 1. The van der Waals surface area contributed by atoms with E-state index in [0.717, 1.165) is 25.8 Å². The van der Waals surface area contributed by atoms with Gasteiger partial charge in [0.2, 0.25) is 0 Å². The third kappa shape index (κ3) is 4.41. The molecule has 3 saturated heterocycles. The molecule has 4 aliphatic heterocycles. The highest BCUT2D eigenvalue weighted by atomic mass is 19.1. The lowest BCUT2D eigenvalue weighted by molar-refractivity contribution is 0.0996. The lowest BCUT2D eigenvalue weighted by atomic mass is 9.95. The van der Waals surface area contributed by atoms with Gasteiger partial charge < -0.3 is 24.4 Å². The molecule has 0 radical (unpaired) electrons. The van der Waals surface area contributed by atoms with E-state index in [1.807, 2.05) is 4.90 Å². The third-order valence-electron chi connectivity index (χ3n) is 8.93. The minimum atomic E-state index is -0.886. The largest absolute Gasteiger partial charge is 0.508 e. The standard InChI is InChI=1S/C31H31F2N5O4/c1-2-22-23(33)6-5-19-13-21(39)14-25(26(19)22)38-17-24-27(29(38)40)28(36-8-4-11-41-12-10-36)35-30(34-24)42-18-31-7-3-9-37(31)16-20(32)15-31/h1,5-6,13-14,20,39H,3-4,7-12,15-18H2. The fraction of sp³-hybridized carbons (Fsp3) is 0.452. The second-order valence-electron chi connectivity index (χ2n) is 11.5. The number of halogens is 2. The molecule has 11 heteroatoms. The highest BCUT2D eigenvalue weighted by Gasteiger charge is 2.49. The molecule has 1 aromatic heterocycles. The van der Waals surface area contributed by atoms with Crippen molar-refractivity contribution in [1.82, 2.24) is 14.9 Å². The van der Waals surface area contributed by atoms with Crippen molar-refractivity contribution in [1.29, 1.82) is 0 Å². The number of benzene rings is 2. The summed E-state index contributed by atoms with van der Waals surface area (Å²) in [5, 5.41) is 11.4. The van der Waals surface area contributed by atoms with Crippen molar-refractivity contribution in [2.45, 2.75) is 43.9 Å². The van der Waals surface area contributed by atoms with Gasteiger partial charge in [0.05, 0.1) is 35.6 Å². The molecule has 4 aliphatic rings. The van der Waals surface area contributed by atoms with Crippen molar-refractivity contribution < 1.29 is 28.2 Å². The smallest absolute Gasteiger partial charge is 0.318 e. The van der Waals surface area contributed by atoms with E-state index in [0.29, 0.717) is 67.1 Å². The zero-order valence-corrected chi connectivity index (χ0v) is 23.1. The van der Waals surface area contributed by atoms with Gasteiger partial charge in [0, 0.05) is 44.1 Å². The monoisotopic (exact) mass is 575 g/mol. The summed E-state index contributed by atoms with van der Waals surface area (Å²) in [6, 6.07) is 5.79. The number of terminal acetylenes is 1. The van der Waals surface area contributed by atoms with Crippen LogP contribution >= 0.6 is 0 Å². The lowest BCUT2D eigenvalue weighted by Crippen LogP contribution is -2.43. The fourth-order valence-corrected chi connectivity index (χ4v) is 7.01. The van der Waals surface area contributed by atoms with Gasteiger partial charge in [-0.25, -0.2) is 8.78 Å². The molecule has 7 rings (SSSR count). The number of carbonyl (C=O) groups excluding carboxylic acids is 1. The van der Waals surface area contributed by atoms with E-state index in [2.05, 4.69) is 15.8 Å². The number of rotatable bonds is 5. The van der Waals surface area contributed by atoms with Crippen LogP contribution in [0.5, 0.6) is 11.8 Å². The van der Waals surface area contributed by atoms with Crippen LogP contribution in [0.4, 0.5) is 20.3 Å². The summed E-state index contributed by atoms with van der Waals surface area (Å²) in [4.78, 5) is 29.1. The van der Waals surface area contributed by atoms with Crippen LogP contribution in [-0.2, 0) is 11.3 Å². The normalized spacial score (nSPS) is 24.1. The Morgan fingerprint density at radius 1 is 1.19 bits per heavy atom. The number of amides is 1. The number of ether oxygens (including phenoxy) is 2. The first kappa shape index (κ1) is 26.9. The van der Waals surface area contributed by atoms with Crippen LogP contribution in [0.15, 0.2) is 24.3 Å². The summed E-state index contributed by atoms with van der Waals surface area (Å²) in [7, 11) is 0. The van der Waals surface area contributed by atoms with E-state index in [1.165, 1.54) is 29.2 Å². The Kier molecular flexibility index (Phi) is 6.63. The van der Waals surface area contributed by atoms with Gasteiger partial charge in [-0.1, -0.05) is 12.0 Å². The van der Waals surface area contributed by atoms with Crippen LogP contribution in [0, 0.1) is 18.2 Å². The Hall–Kier alpha value is -4.01. The number of fused-ring (bicyclic) bond motifs is 3. The number of nitrogens with zero attached hydrogens (tertiary/aromatic N) is 5. The Balaban J connectivity index is 1.29. The molecule has 1 amide bonds. The molecule has 0 saturated carbocycles. The number of aromatic nitrogens is 2. The van der Waals surface area contributed by atoms with E-state index in [4.69, 9.17) is 20.9 Å². The maximum Gasteiger partial charge on any atom is 0.318 e. The first-order valence-electron chi connectivity index (χ1n) is 14.4. The van der Waals surface area contributed by atoms with Crippen LogP contribution < -0.4 is 14.5 Å². The predicted molar refractivity (Wildman–Crippen MR) is 152 cm³/mol. The van der Waals surface area contributed by atoms with E-state index >= 15 is 0 Å². The zero-order chi connectivity index (χ0) is 29.0. The molecule has 9 nitrogen and oxygen atoms in total. The van der Waals surface area contributed by atoms with Gasteiger partial charge in [0.25, 0.3) is 5.91 Å². The van der Waals surface area contributed by atoms with Gasteiger partial charge in [-0.15, -0.1) is 6.42 Å². The number of hydrogen-bond acceptors (Lipinski definition) is 8. The molecule has 3 aromatic rings. The first-order valence-corrected chi connectivity index (χ1v) is 14.4. The summed E-state index contributed by atoms with van der Waals surface area (Å²) in [5.74, 6) is 1.79. The van der Waals surface area contributed by atoms with Crippen molar-refractivity contribution >= 4 is 28.2 Å².